The smallest absolute Gasteiger partial charge is 0.347 e. The van der Waals surface area contributed by atoms with Crippen LogP contribution in [-0.2, 0) is 19.1 Å². The predicted molar refractivity (Wildman–Crippen MR) is 104 cm³/mol. The number of nitrogens with zero attached hydrogens (tertiary/aromatic N) is 1. The fourth-order valence-electron chi connectivity index (χ4n) is 2.85. The van der Waals surface area contributed by atoms with Crippen molar-refractivity contribution in [3.8, 4) is 5.75 Å². The number of rotatable bonds is 7. The van der Waals surface area contributed by atoms with E-state index < -0.39 is 24.6 Å². The molecular weight excluding hydrogens is 360 g/mol. The number of nitrogens with one attached hydrogen (secondary N) is 1. The maximum atomic E-state index is 12.0. The molecule has 2 amide bonds. The normalized spacial score (nSPS) is 14.5. The number of hydrogen-bond donors (Lipinski definition) is 1. The third-order valence-electron chi connectivity index (χ3n) is 4.27. The summed E-state index contributed by atoms with van der Waals surface area (Å²) >= 11 is 0. The molecule has 28 heavy (non-hydrogen) atoms. The Balaban J connectivity index is 1.44. The largest absolute Gasteiger partial charge is 0.479 e. The van der Waals surface area contributed by atoms with Crippen molar-refractivity contribution in [1.82, 2.24) is 0 Å². The summed E-state index contributed by atoms with van der Waals surface area (Å²) in [5.74, 6) is -0.421. The van der Waals surface area contributed by atoms with E-state index in [1.807, 2.05) is 6.07 Å². The minimum absolute atomic E-state index is 0.107. The second kappa shape index (κ2) is 9.03. The van der Waals surface area contributed by atoms with Crippen LogP contribution in [0, 0.1) is 0 Å². The Hall–Kier alpha value is -3.35. The zero-order valence-electron chi connectivity index (χ0n) is 15.6. The van der Waals surface area contributed by atoms with E-state index in [1.54, 1.807) is 60.4 Å². The summed E-state index contributed by atoms with van der Waals surface area (Å²) in [6.45, 7) is 1.86. The molecule has 3 rings (SSSR count). The van der Waals surface area contributed by atoms with Gasteiger partial charge in [0.2, 0.25) is 5.91 Å². The summed E-state index contributed by atoms with van der Waals surface area (Å²) in [5, 5.41) is 2.65. The predicted octanol–water partition coefficient (Wildman–Crippen LogP) is 2.76. The van der Waals surface area contributed by atoms with Gasteiger partial charge in [0.05, 0.1) is 0 Å². The van der Waals surface area contributed by atoms with E-state index >= 15 is 0 Å². The molecule has 0 unspecified atom stereocenters. The molecule has 2 aromatic carbocycles. The van der Waals surface area contributed by atoms with Gasteiger partial charge in [0.1, 0.15) is 5.75 Å². The minimum Gasteiger partial charge on any atom is -0.479 e. The Bertz CT molecular complexity index is 836. The molecule has 1 heterocycles. The van der Waals surface area contributed by atoms with Gasteiger partial charge in [0.25, 0.3) is 5.91 Å². The first-order valence-electron chi connectivity index (χ1n) is 9.11. The lowest BCUT2D eigenvalue weighted by atomic mass is 10.2. The molecule has 1 N–H and O–H groups in total. The molecule has 146 valence electrons. The molecule has 1 fully saturated rings. The first kappa shape index (κ1) is 19.4. The van der Waals surface area contributed by atoms with Crippen molar-refractivity contribution in [2.45, 2.75) is 25.9 Å². The first-order valence-corrected chi connectivity index (χ1v) is 9.11. The van der Waals surface area contributed by atoms with E-state index in [-0.39, 0.29) is 5.91 Å². The van der Waals surface area contributed by atoms with Crippen molar-refractivity contribution in [2.24, 2.45) is 0 Å². The molecule has 1 saturated heterocycles. The number of carbonyl (C=O) groups is 3. The van der Waals surface area contributed by atoms with E-state index in [4.69, 9.17) is 9.47 Å². The van der Waals surface area contributed by atoms with E-state index in [1.165, 1.54) is 0 Å². The highest BCUT2D eigenvalue weighted by atomic mass is 16.6. The quantitative estimate of drug-likeness (QED) is 0.745. The van der Waals surface area contributed by atoms with Crippen LogP contribution < -0.4 is 15.0 Å². The van der Waals surface area contributed by atoms with Crippen LogP contribution in [0.2, 0.25) is 0 Å². The maximum Gasteiger partial charge on any atom is 0.347 e. The molecule has 0 spiro atoms. The Morgan fingerprint density at radius 2 is 1.82 bits per heavy atom. The molecule has 7 nitrogen and oxygen atoms in total. The highest BCUT2D eigenvalue weighted by Crippen LogP contribution is 2.23. The van der Waals surface area contributed by atoms with Crippen LogP contribution in [0.15, 0.2) is 54.6 Å². The lowest BCUT2D eigenvalue weighted by molar-refractivity contribution is -0.153. The van der Waals surface area contributed by atoms with Crippen molar-refractivity contribution in [2.75, 3.05) is 23.4 Å². The van der Waals surface area contributed by atoms with Gasteiger partial charge in [-0.05, 0) is 49.7 Å². The van der Waals surface area contributed by atoms with Crippen LogP contribution in [0.1, 0.15) is 19.8 Å². The van der Waals surface area contributed by atoms with Gasteiger partial charge >= 0.3 is 5.97 Å². The van der Waals surface area contributed by atoms with Gasteiger partial charge in [0, 0.05) is 24.3 Å². The molecule has 1 aliphatic rings. The van der Waals surface area contributed by atoms with Crippen LogP contribution in [0.4, 0.5) is 11.4 Å². The molecular formula is C21H22N2O5. The second-order valence-electron chi connectivity index (χ2n) is 6.42. The van der Waals surface area contributed by atoms with Crippen LogP contribution in [0.5, 0.6) is 5.75 Å². The average Bonchev–Trinajstić information content (AvgIpc) is 3.13. The van der Waals surface area contributed by atoms with Crippen molar-refractivity contribution >= 4 is 29.2 Å². The highest BCUT2D eigenvalue weighted by Gasteiger charge is 2.21. The number of ether oxygens (including phenoxy) is 2. The molecule has 0 radical (unpaired) electrons. The molecule has 0 bridgehead atoms. The Labute approximate surface area is 163 Å². The summed E-state index contributed by atoms with van der Waals surface area (Å²) < 4.78 is 10.5. The number of benzene rings is 2. The number of carbonyl (C=O) groups excluding carboxylic acids is 3. The van der Waals surface area contributed by atoms with Gasteiger partial charge in [0.15, 0.2) is 12.7 Å². The molecule has 1 aliphatic heterocycles. The summed E-state index contributed by atoms with van der Waals surface area (Å²) in [6, 6.07) is 15.9. The maximum absolute atomic E-state index is 12.0. The third kappa shape index (κ3) is 5.09. The zero-order valence-corrected chi connectivity index (χ0v) is 15.6. The van der Waals surface area contributed by atoms with E-state index in [0.717, 1.165) is 12.1 Å². The van der Waals surface area contributed by atoms with Crippen LogP contribution in [0.25, 0.3) is 0 Å². The van der Waals surface area contributed by atoms with Gasteiger partial charge in [-0.1, -0.05) is 18.2 Å². The SMILES string of the molecule is C[C@@H](Oc1ccccc1)C(=O)OCC(=O)Nc1ccc(N2CCCC2=O)cc1. The zero-order chi connectivity index (χ0) is 19.9. The Morgan fingerprint density at radius 3 is 2.46 bits per heavy atom. The van der Waals surface area contributed by atoms with Crippen molar-refractivity contribution < 1.29 is 23.9 Å². The summed E-state index contributed by atoms with van der Waals surface area (Å²) in [7, 11) is 0. The van der Waals surface area contributed by atoms with Crippen LogP contribution >= 0.6 is 0 Å². The number of esters is 1. The van der Waals surface area contributed by atoms with Crippen LogP contribution in [-0.4, -0.2) is 37.0 Å². The monoisotopic (exact) mass is 382 g/mol. The van der Waals surface area contributed by atoms with Gasteiger partial charge in [-0.25, -0.2) is 4.79 Å². The average molecular weight is 382 g/mol. The van der Waals surface area contributed by atoms with E-state index in [2.05, 4.69) is 5.32 Å². The molecule has 7 heteroatoms. The van der Waals surface area contributed by atoms with E-state index in [0.29, 0.717) is 24.4 Å². The second-order valence-corrected chi connectivity index (χ2v) is 6.42. The summed E-state index contributed by atoms with van der Waals surface area (Å²) in [5.41, 5.74) is 1.36. The van der Waals surface area contributed by atoms with E-state index in [9.17, 15) is 14.4 Å². The fraction of sp³-hybridized carbons (Fsp3) is 0.286. The number of anilines is 2. The van der Waals surface area contributed by atoms with Gasteiger partial charge in [-0.2, -0.15) is 0 Å². The summed E-state index contributed by atoms with van der Waals surface area (Å²) in [4.78, 5) is 37.4. The number of amides is 2. The molecule has 0 aromatic heterocycles. The first-order chi connectivity index (χ1) is 13.5. The molecule has 2 aromatic rings. The number of para-hydroxylation sites is 1. The third-order valence-corrected chi connectivity index (χ3v) is 4.27. The molecule has 0 saturated carbocycles. The van der Waals surface area contributed by atoms with Crippen molar-refractivity contribution in [3.05, 3.63) is 54.6 Å². The lowest BCUT2D eigenvalue weighted by Crippen LogP contribution is -2.29. The topological polar surface area (TPSA) is 84.9 Å². The van der Waals surface area contributed by atoms with Crippen molar-refractivity contribution in [3.63, 3.8) is 0 Å². The van der Waals surface area contributed by atoms with Crippen LogP contribution in [0.3, 0.4) is 0 Å². The number of hydrogen-bond acceptors (Lipinski definition) is 5. The van der Waals surface area contributed by atoms with Gasteiger partial charge in [-0.3, -0.25) is 9.59 Å². The molecule has 0 aliphatic carbocycles. The highest BCUT2D eigenvalue weighted by molar-refractivity contribution is 5.96. The minimum atomic E-state index is -0.826. The fourth-order valence-corrected chi connectivity index (χ4v) is 2.85. The lowest BCUT2D eigenvalue weighted by Gasteiger charge is -2.16. The Morgan fingerprint density at radius 1 is 1.11 bits per heavy atom. The van der Waals surface area contributed by atoms with Crippen molar-refractivity contribution in [1.29, 1.82) is 0 Å². The Kier molecular flexibility index (Phi) is 6.26. The summed E-state index contributed by atoms with van der Waals surface area (Å²) in [6.07, 6.45) is 0.596. The van der Waals surface area contributed by atoms with Gasteiger partial charge in [-0.15, -0.1) is 0 Å². The standard InChI is InChI=1S/C21H22N2O5/c1-15(28-18-6-3-2-4-7-18)21(26)27-14-19(24)22-16-9-11-17(12-10-16)23-13-5-8-20(23)25/h2-4,6-7,9-12,15H,5,8,13-14H2,1H3,(H,22,24)/t15-/m1/s1. The molecule has 1 atom stereocenters. The van der Waals surface area contributed by atoms with Gasteiger partial charge < -0.3 is 19.7 Å².